The summed E-state index contributed by atoms with van der Waals surface area (Å²) in [6.07, 6.45) is 2.88. The predicted octanol–water partition coefficient (Wildman–Crippen LogP) is 3.21. The van der Waals surface area contributed by atoms with E-state index in [2.05, 4.69) is 9.97 Å². The molecule has 220 valence electrons. The van der Waals surface area contributed by atoms with Gasteiger partial charge in [0.15, 0.2) is 23.0 Å². The standard InChI is InChI=1S/C16H18N2O3.C15H16N2O4/c1-9-6-10(4-5-18-9)14-7-12-11(15(8-17)21-14)2-3-13(19)16(12)20;16-7-13-9-1-2-11(18)15(20)10(9)6-12(21-13)8-3-4-17-14(19)5-8/h2-6,14-15,19-20H,7-8,17H2,1H3;1-5,12-13,18,20H,6-7,16H2,(H,17,19). The molecule has 6 rings (SSSR count). The van der Waals surface area contributed by atoms with Crippen LogP contribution >= 0.6 is 0 Å². The lowest BCUT2D eigenvalue weighted by Gasteiger charge is -2.32. The molecule has 2 aromatic carbocycles. The Morgan fingerprint density at radius 1 is 0.810 bits per heavy atom. The van der Waals surface area contributed by atoms with E-state index in [0.29, 0.717) is 36.1 Å². The van der Waals surface area contributed by atoms with Gasteiger partial charge >= 0.3 is 0 Å². The van der Waals surface area contributed by atoms with Crippen LogP contribution < -0.4 is 17.0 Å². The maximum atomic E-state index is 11.4. The van der Waals surface area contributed by atoms with E-state index in [9.17, 15) is 25.2 Å². The number of hydrogen-bond acceptors (Lipinski definition) is 10. The van der Waals surface area contributed by atoms with Crippen molar-refractivity contribution in [2.24, 2.45) is 11.5 Å². The number of nitrogens with one attached hydrogen (secondary N) is 1. The zero-order valence-corrected chi connectivity index (χ0v) is 23.0. The lowest BCUT2D eigenvalue weighted by molar-refractivity contribution is -0.0232. The van der Waals surface area contributed by atoms with Gasteiger partial charge in [0.2, 0.25) is 5.56 Å². The first-order valence-electron chi connectivity index (χ1n) is 13.6. The Bertz CT molecular complexity index is 1640. The second kappa shape index (κ2) is 12.2. The van der Waals surface area contributed by atoms with Crippen molar-refractivity contribution in [3.8, 4) is 23.0 Å². The maximum Gasteiger partial charge on any atom is 0.248 e. The zero-order chi connectivity index (χ0) is 30.0. The molecule has 0 bridgehead atoms. The van der Waals surface area contributed by atoms with Crippen molar-refractivity contribution in [2.75, 3.05) is 13.1 Å². The predicted molar refractivity (Wildman–Crippen MR) is 154 cm³/mol. The van der Waals surface area contributed by atoms with Gasteiger partial charge < -0.3 is 46.4 Å². The highest BCUT2D eigenvalue weighted by atomic mass is 16.5. The third kappa shape index (κ3) is 5.81. The summed E-state index contributed by atoms with van der Waals surface area (Å²) in [5, 5.41) is 39.5. The summed E-state index contributed by atoms with van der Waals surface area (Å²) >= 11 is 0. The molecule has 4 aromatic rings. The van der Waals surface area contributed by atoms with E-state index in [1.165, 1.54) is 18.2 Å². The van der Waals surface area contributed by atoms with Gasteiger partial charge in [0.25, 0.3) is 0 Å². The van der Waals surface area contributed by atoms with E-state index in [1.54, 1.807) is 30.6 Å². The third-order valence-corrected chi connectivity index (χ3v) is 7.62. The number of nitrogens with zero attached hydrogens (tertiary/aromatic N) is 1. The quantitative estimate of drug-likeness (QED) is 0.178. The van der Waals surface area contributed by atoms with Crippen molar-refractivity contribution in [3.63, 3.8) is 0 Å². The highest BCUT2D eigenvalue weighted by Crippen LogP contribution is 2.45. The second-order valence-electron chi connectivity index (χ2n) is 10.3. The molecule has 42 heavy (non-hydrogen) atoms. The molecule has 9 N–H and O–H groups in total. The molecule has 0 spiro atoms. The average molecular weight is 575 g/mol. The molecule has 2 aliphatic rings. The Labute approximate surface area is 242 Å². The van der Waals surface area contributed by atoms with E-state index in [4.69, 9.17) is 20.9 Å². The molecular weight excluding hydrogens is 540 g/mol. The molecule has 0 saturated heterocycles. The lowest BCUT2D eigenvalue weighted by atomic mass is 9.90. The Kier molecular flexibility index (Phi) is 8.46. The molecule has 4 atom stereocenters. The molecule has 11 nitrogen and oxygen atoms in total. The SMILES string of the molecule is Cc1cc(C2Cc3c(ccc(O)c3O)C(CN)O2)ccn1.NCC1OC(c2cc[nH]c(=O)c2)Cc2c1ccc(O)c2O. The monoisotopic (exact) mass is 574 g/mol. The Balaban J connectivity index is 0.000000168. The van der Waals surface area contributed by atoms with E-state index < -0.39 is 0 Å². The number of fused-ring (bicyclic) bond motifs is 2. The number of ether oxygens (including phenoxy) is 2. The van der Waals surface area contributed by atoms with Crippen molar-refractivity contribution < 1.29 is 29.9 Å². The lowest BCUT2D eigenvalue weighted by Crippen LogP contribution is -2.26. The average Bonchev–Trinajstić information content (AvgIpc) is 3.00. The van der Waals surface area contributed by atoms with Crippen LogP contribution in [0.25, 0.3) is 0 Å². The highest BCUT2D eigenvalue weighted by Gasteiger charge is 2.32. The van der Waals surface area contributed by atoms with Crippen LogP contribution in [0.5, 0.6) is 23.0 Å². The van der Waals surface area contributed by atoms with Crippen molar-refractivity contribution in [2.45, 2.75) is 44.2 Å². The number of aryl methyl sites for hydroxylation is 1. The van der Waals surface area contributed by atoms with Gasteiger partial charge in [0.1, 0.15) is 0 Å². The van der Waals surface area contributed by atoms with Gasteiger partial charge in [-0.15, -0.1) is 0 Å². The van der Waals surface area contributed by atoms with E-state index >= 15 is 0 Å². The summed E-state index contributed by atoms with van der Waals surface area (Å²) in [5.74, 6) is -0.513. The number of benzene rings is 2. The molecule has 4 heterocycles. The van der Waals surface area contributed by atoms with Crippen LogP contribution in [0.15, 0.2) is 65.7 Å². The van der Waals surface area contributed by atoms with E-state index in [0.717, 1.165) is 22.4 Å². The fraction of sp³-hybridized carbons (Fsp3) is 0.290. The van der Waals surface area contributed by atoms with Gasteiger partial charge in [-0.25, -0.2) is 0 Å². The third-order valence-electron chi connectivity index (χ3n) is 7.62. The number of aromatic hydroxyl groups is 4. The minimum Gasteiger partial charge on any atom is -0.504 e. The smallest absolute Gasteiger partial charge is 0.248 e. The molecule has 2 aliphatic heterocycles. The van der Waals surface area contributed by atoms with E-state index in [-0.39, 0.29) is 59.5 Å². The van der Waals surface area contributed by atoms with Crippen LogP contribution in [-0.2, 0) is 22.3 Å². The highest BCUT2D eigenvalue weighted by molar-refractivity contribution is 5.52. The first-order valence-corrected chi connectivity index (χ1v) is 13.6. The Hall–Kier alpha value is -4.42. The minimum absolute atomic E-state index is 0.0787. The van der Waals surface area contributed by atoms with Crippen molar-refractivity contribution in [3.05, 3.63) is 110 Å². The number of aromatic nitrogens is 2. The van der Waals surface area contributed by atoms with E-state index in [1.807, 2.05) is 19.1 Å². The molecule has 2 aromatic heterocycles. The number of aromatic amines is 1. The minimum atomic E-state index is -0.388. The first-order chi connectivity index (χ1) is 20.2. The van der Waals surface area contributed by atoms with Gasteiger partial charge in [0, 0.05) is 61.2 Å². The number of pyridine rings is 2. The number of nitrogens with two attached hydrogens (primary N) is 2. The molecule has 0 fully saturated rings. The van der Waals surface area contributed by atoms with Gasteiger partial charge in [-0.2, -0.15) is 0 Å². The van der Waals surface area contributed by atoms with Crippen LogP contribution in [0.2, 0.25) is 0 Å². The van der Waals surface area contributed by atoms with Crippen LogP contribution in [0.4, 0.5) is 0 Å². The molecule has 0 aliphatic carbocycles. The zero-order valence-electron chi connectivity index (χ0n) is 23.0. The Morgan fingerprint density at radius 2 is 1.33 bits per heavy atom. The topological polar surface area (TPSA) is 197 Å². The van der Waals surface area contributed by atoms with Gasteiger partial charge in [-0.1, -0.05) is 12.1 Å². The summed E-state index contributed by atoms with van der Waals surface area (Å²) in [7, 11) is 0. The second-order valence-corrected chi connectivity index (χ2v) is 10.3. The summed E-state index contributed by atoms with van der Waals surface area (Å²) < 4.78 is 12.0. The van der Waals surface area contributed by atoms with Crippen molar-refractivity contribution >= 4 is 0 Å². The van der Waals surface area contributed by atoms with Gasteiger partial charge in [0.05, 0.1) is 24.4 Å². The molecule has 0 saturated carbocycles. The first kappa shape index (κ1) is 29.1. The molecule has 0 radical (unpaired) electrons. The summed E-state index contributed by atoms with van der Waals surface area (Å²) in [6.45, 7) is 2.48. The molecule has 0 amide bonds. The fourth-order valence-corrected chi connectivity index (χ4v) is 5.51. The normalized spacial score (nSPS) is 21.0. The number of phenolic OH excluding ortho intramolecular Hbond substituents is 4. The van der Waals surface area contributed by atoms with Gasteiger partial charge in [-0.05, 0) is 59.5 Å². The largest absolute Gasteiger partial charge is 0.504 e. The van der Waals surface area contributed by atoms with Crippen molar-refractivity contribution in [1.82, 2.24) is 9.97 Å². The maximum absolute atomic E-state index is 11.4. The van der Waals surface area contributed by atoms with Crippen molar-refractivity contribution in [1.29, 1.82) is 0 Å². The molecular formula is C31H34N4O7. The summed E-state index contributed by atoms with van der Waals surface area (Å²) in [5.41, 5.74) is 16.9. The summed E-state index contributed by atoms with van der Waals surface area (Å²) in [4.78, 5) is 18.2. The Morgan fingerprint density at radius 3 is 1.81 bits per heavy atom. The van der Waals surface area contributed by atoms with Crippen LogP contribution in [0, 0.1) is 6.92 Å². The molecule has 11 heteroatoms. The fourth-order valence-electron chi connectivity index (χ4n) is 5.51. The number of phenols is 4. The van der Waals surface area contributed by atoms with Crippen LogP contribution in [0.3, 0.4) is 0 Å². The molecule has 4 unspecified atom stereocenters. The van der Waals surface area contributed by atoms with Crippen LogP contribution in [0.1, 0.15) is 63.5 Å². The van der Waals surface area contributed by atoms with Gasteiger partial charge in [-0.3, -0.25) is 9.78 Å². The number of rotatable bonds is 4. The number of H-pyrrole nitrogens is 1. The van der Waals surface area contributed by atoms with Crippen LogP contribution in [-0.4, -0.2) is 43.5 Å². The number of hydrogen-bond donors (Lipinski definition) is 7. The summed E-state index contributed by atoms with van der Waals surface area (Å²) in [6, 6.07) is 13.4.